The summed E-state index contributed by atoms with van der Waals surface area (Å²) in [4.78, 5) is 0. The second-order valence-corrected chi connectivity index (χ2v) is 33.7. The van der Waals surface area contributed by atoms with E-state index < -0.39 is 0 Å². The molecule has 0 aromatic carbocycles. The zero-order valence-electron chi connectivity index (χ0n) is 23.0. The van der Waals surface area contributed by atoms with Gasteiger partial charge in [-0.3, -0.25) is 0 Å². The van der Waals surface area contributed by atoms with E-state index in [0.29, 0.717) is 25.5 Å². The van der Waals surface area contributed by atoms with Crippen LogP contribution in [-0.4, -0.2) is 63.9 Å². The van der Waals surface area contributed by atoms with Crippen LogP contribution in [0.5, 0.6) is 0 Å². The van der Waals surface area contributed by atoms with E-state index in [0.717, 1.165) is 0 Å². The molecule has 0 aliphatic heterocycles. The maximum atomic E-state index is 2.35. The summed E-state index contributed by atoms with van der Waals surface area (Å²) in [6.07, 6.45) is 0. The molecule has 0 amide bonds. The van der Waals surface area contributed by atoms with Crippen molar-refractivity contribution >= 4 is 63.9 Å². The Morgan fingerprint density at radius 3 is 0.393 bits per heavy atom. The van der Waals surface area contributed by atoms with Gasteiger partial charge in [0.2, 0.25) is 0 Å². The summed E-state index contributed by atoms with van der Waals surface area (Å²) in [5.74, 6) is 0. The quantitative estimate of drug-likeness (QED) is 0.234. The molecular weight excluding hydrogens is 579 g/mol. The van der Waals surface area contributed by atoms with Crippen LogP contribution in [-0.2, 0) is 0 Å². The zero-order valence-corrected chi connectivity index (χ0v) is 31.4. The summed E-state index contributed by atoms with van der Waals surface area (Å²) in [6.45, 7) is 41.3. The first-order valence-corrected chi connectivity index (χ1v) is 16.8. The van der Waals surface area contributed by atoms with Gasteiger partial charge in [-0.25, -0.2) is 0 Å². The van der Waals surface area contributed by atoms with Crippen molar-refractivity contribution in [1.29, 1.82) is 0 Å². The van der Waals surface area contributed by atoms with Crippen molar-refractivity contribution < 1.29 is 0 Å². The predicted octanol–water partition coefficient (Wildman–Crippen LogP) is 9.00. The molecule has 0 aliphatic carbocycles. The van der Waals surface area contributed by atoms with E-state index in [4.69, 9.17) is 0 Å². The van der Waals surface area contributed by atoms with E-state index in [1.54, 1.807) is 0 Å². The van der Waals surface area contributed by atoms with Crippen molar-refractivity contribution in [2.75, 3.05) is 0 Å². The Hall–Kier alpha value is 2.17. The first-order chi connectivity index (χ1) is 11.4. The Morgan fingerprint density at radius 2 is 0.393 bits per heavy atom. The third-order valence-electron chi connectivity index (χ3n) is 1.50. The van der Waals surface area contributed by atoms with Gasteiger partial charge in [-0.05, 0) is 0 Å². The third-order valence-corrected chi connectivity index (χ3v) is 7.79. The normalized spacial score (nSPS) is 13.3. The van der Waals surface area contributed by atoms with E-state index in [-0.39, 0.29) is 30.9 Å². The second kappa shape index (κ2) is 14.3. The average molecular weight is 633 g/mol. The second-order valence-electron chi connectivity index (χ2n) is 13.8. The molecule has 0 aromatic heterocycles. The molecule has 28 heavy (non-hydrogen) atoms. The van der Waals surface area contributed by atoms with E-state index in [1.807, 2.05) is 0 Å². The zero-order chi connectivity index (χ0) is 24.4. The van der Waals surface area contributed by atoms with Crippen LogP contribution < -0.4 is 0 Å². The molecule has 166 valence electrons. The topological polar surface area (TPSA) is 0 Å². The molecule has 0 aliphatic rings. The summed E-state index contributed by atoms with van der Waals surface area (Å²) < 4.78 is 3.44. The van der Waals surface area contributed by atoms with Crippen LogP contribution in [0.2, 0.25) is 25.5 Å². The molecular formula is C24H54Ge4. The fourth-order valence-electron chi connectivity index (χ4n) is 2.25. The van der Waals surface area contributed by atoms with Gasteiger partial charge in [-0.1, -0.05) is 0 Å². The van der Waals surface area contributed by atoms with Gasteiger partial charge >= 0.3 is 214 Å². The van der Waals surface area contributed by atoms with Gasteiger partial charge in [0.25, 0.3) is 0 Å². The maximum absolute atomic E-state index is 2.35. The Bertz CT molecular complexity index is 284. The number of hydrogen-bond donors (Lipinski definition) is 0. The minimum absolute atomic E-state index is 0.208. The summed E-state index contributed by atoms with van der Waals surface area (Å²) >= 11 is 4.79. The minimum atomic E-state index is 0.208. The van der Waals surface area contributed by atoms with E-state index in [1.165, 1.54) is 0 Å². The van der Waals surface area contributed by atoms with Crippen molar-refractivity contribution in [3.05, 3.63) is 0 Å². The molecule has 0 unspecified atom stereocenters. The summed E-state index contributed by atoms with van der Waals surface area (Å²) in [7, 11) is 0. The number of hydrogen-bond acceptors (Lipinski definition) is 0. The molecule has 0 saturated carbocycles. The summed E-state index contributed by atoms with van der Waals surface area (Å²) in [5, 5.41) is 0. The molecule has 0 aromatic rings. The molecule has 0 saturated heterocycles. The fourth-order valence-corrected chi connectivity index (χ4v) is 11.7. The van der Waals surface area contributed by atoms with Crippen molar-refractivity contribution in [2.45, 2.75) is 150 Å². The van der Waals surface area contributed by atoms with E-state index in [2.05, 4.69) is 158 Å². The Balaban J connectivity index is -0.000000143. The Kier molecular flexibility index (Phi) is 19.2. The van der Waals surface area contributed by atoms with Crippen LogP contribution in [0, 0.1) is 0 Å². The molecule has 0 N–H and O–H groups in total. The monoisotopic (exact) mass is 638 g/mol. The SMILES string of the molecule is C[C](C)(C)[Ge].C[C](C)(C)[Ge].C[C](C)(C)[Ge][C](C)(C)C.C[C](C)(C)[Ge][C](C)(C)C. The van der Waals surface area contributed by atoms with Gasteiger partial charge in [-0.15, -0.1) is 0 Å². The standard InChI is InChI=1S/2C8H18Ge.2C4H9Ge/c2*1-7(2,3)9-8(4,5)6;2*1-4(2,3)5/h2*1-6H3;2*1-3H3. The van der Waals surface area contributed by atoms with Crippen LogP contribution in [0.4, 0.5) is 0 Å². The van der Waals surface area contributed by atoms with Gasteiger partial charge < -0.3 is 0 Å². The molecule has 0 atom stereocenters. The Labute approximate surface area is 212 Å². The van der Waals surface area contributed by atoms with Gasteiger partial charge in [0, 0.05) is 0 Å². The molecule has 0 spiro atoms. The number of rotatable bonds is 0. The first kappa shape index (κ1) is 37.5. The predicted molar refractivity (Wildman–Crippen MR) is 141 cm³/mol. The van der Waals surface area contributed by atoms with Gasteiger partial charge in [0.15, 0.2) is 0 Å². The molecule has 0 nitrogen and oxygen atoms in total. The van der Waals surface area contributed by atoms with Crippen molar-refractivity contribution in [3.8, 4) is 0 Å². The molecule has 0 fully saturated rings. The van der Waals surface area contributed by atoms with Gasteiger partial charge in [0.05, 0.1) is 0 Å². The van der Waals surface area contributed by atoms with Crippen LogP contribution in [0.25, 0.3) is 0 Å². The average Bonchev–Trinajstić information content (AvgIpc) is 1.95. The van der Waals surface area contributed by atoms with Gasteiger partial charge in [0.1, 0.15) is 0 Å². The van der Waals surface area contributed by atoms with Crippen LogP contribution >= 0.6 is 0 Å². The molecule has 0 heterocycles. The molecule has 4 heteroatoms. The van der Waals surface area contributed by atoms with Crippen LogP contribution in [0.3, 0.4) is 0 Å². The van der Waals surface area contributed by atoms with E-state index >= 15 is 0 Å². The fraction of sp³-hybridized carbons (Fsp3) is 1.00. The summed E-state index contributed by atoms with van der Waals surface area (Å²) in [6, 6.07) is 0. The van der Waals surface area contributed by atoms with Crippen LogP contribution in [0.15, 0.2) is 0 Å². The molecule has 0 rings (SSSR count). The first-order valence-electron chi connectivity index (χ1n) is 10.5. The van der Waals surface area contributed by atoms with Crippen LogP contribution in [0.1, 0.15) is 125 Å². The van der Waals surface area contributed by atoms with Crippen molar-refractivity contribution in [1.82, 2.24) is 0 Å². The van der Waals surface area contributed by atoms with E-state index in [9.17, 15) is 0 Å². The molecule has 10 radical (unpaired) electrons. The van der Waals surface area contributed by atoms with Gasteiger partial charge in [-0.2, -0.15) is 0 Å². The summed E-state index contributed by atoms with van der Waals surface area (Å²) in [5.41, 5.74) is 0. The third kappa shape index (κ3) is 104. The molecule has 0 bridgehead atoms. The van der Waals surface area contributed by atoms with Crippen molar-refractivity contribution in [3.63, 3.8) is 0 Å². The van der Waals surface area contributed by atoms with Crippen molar-refractivity contribution in [2.24, 2.45) is 0 Å². The Morgan fingerprint density at radius 1 is 0.321 bits per heavy atom.